The van der Waals surface area contributed by atoms with Gasteiger partial charge in [0.25, 0.3) is 0 Å². The molecule has 0 radical (unpaired) electrons. The molecule has 1 aliphatic heterocycles. The number of fused-ring (bicyclic) bond motifs is 1. The fourth-order valence-corrected chi connectivity index (χ4v) is 2.52. The van der Waals surface area contributed by atoms with Crippen molar-refractivity contribution < 1.29 is 9.31 Å². The molecule has 104 valence electrons. The van der Waals surface area contributed by atoms with E-state index in [0.29, 0.717) is 0 Å². The molecule has 2 heterocycles. The van der Waals surface area contributed by atoms with Crippen molar-refractivity contribution >= 4 is 23.5 Å². The van der Waals surface area contributed by atoms with Crippen molar-refractivity contribution in [3.05, 3.63) is 36.0 Å². The van der Waals surface area contributed by atoms with Gasteiger partial charge in [-0.25, -0.2) is 0 Å². The van der Waals surface area contributed by atoms with Crippen LogP contribution in [0.15, 0.2) is 30.5 Å². The minimum atomic E-state index is -0.316. The molecule has 0 unspecified atom stereocenters. The number of benzene rings is 1. The van der Waals surface area contributed by atoms with E-state index in [2.05, 4.69) is 57.8 Å². The van der Waals surface area contributed by atoms with Crippen molar-refractivity contribution in [2.75, 3.05) is 0 Å². The van der Waals surface area contributed by atoms with Crippen molar-refractivity contribution in [2.45, 2.75) is 45.8 Å². The highest BCUT2D eigenvalue weighted by atomic mass is 16.7. The molecule has 0 bridgehead atoms. The van der Waals surface area contributed by atoms with Gasteiger partial charge in [-0.05, 0) is 51.7 Å². The highest BCUT2D eigenvalue weighted by molar-refractivity contribution is 6.62. The SMILES string of the molecule is Cc1cc(B2OC(C)(C)C(C)(C)O2)cc2cccnc12. The lowest BCUT2D eigenvalue weighted by Crippen LogP contribution is -2.41. The topological polar surface area (TPSA) is 31.4 Å². The molecule has 0 atom stereocenters. The zero-order valence-corrected chi connectivity index (χ0v) is 12.7. The van der Waals surface area contributed by atoms with Gasteiger partial charge in [-0.1, -0.05) is 18.2 Å². The molecule has 0 amide bonds. The van der Waals surface area contributed by atoms with Crippen molar-refractivity contribution in [2.24, 2.45) is 0 Å². The minimum absolute atomic E-state index is 0.310. The summed E-state index contributed by atoms with van der Waals surface area (Å²) in [6.45, 7) is 10.4. The standard InChI is InChI=1S/C16H20BNO2/c1-11-9-13(10-12-7-6-8-18-14(11)12)17-19-15(2,3)16(4,5)20-17/h6-10H,1-5H3. The van der Waals surface area contributed by atoms with Crippen LogP contribution in [0.1, 0.15) is 33.3 Å². The van der Waals surface area contributed by atoms with E-state index in [1.807, 2.05) is 12.3 Å². The second-order valence-electron chi connectivity index (χ2n) is 6.50. The van der Waals surface area contributed by atoms with Crippen LogP contribution in [0.25, 0.3) is 10.9 Å². The number of hydrogen-bond donors (Lipinski definition) is 0. The Morgan fingerprint density at radius 1 is 1.05 bits per heavy atom. The zero-order chi connectivity index (χ0) is 14.5. The van der Waals surface area contributed by atoms with Crippen molar-refractivity contribution in [3.63, 3.8) is 0 Å². The second kappa shape index (κ2) is 4.30. The van der Waals surface area contributed by atoms with Crippen LogP contribution in [0.4, 0.5) is 0 Å². The van der Waals surface area contributed by atoms with E-state index in [1.54, 1.807) is 0 Å². The Morgan fingerprint density at radius 3 is 2.35 bits per heavy atom. The van der Waals surface area contributed by atoms with E-state index < -0.39 is 0 Å². The monoisotopic (exact) mass is 269 g/mol. The van der Waals surface area contributed by atoms with Gasteiger partial charge < -0.3 is 9.31 Å². The van der Waals surface area contributed by atoms with Crippen LogP contribution in [0.3, 0.4) is 0 Å². The van der Waals surface area contributed by atoms with Gasteiger partial charge in [0.15, 0.2) is 0 Å². The molecule has 0 saturated carbocycles. The van der Waals surface area contributed by atoms with Gasteiger partial charge in [0.2, 0.25) is 0 Å². The molecule has 3 nitrogen and oxygen atoms in total. The van der Waals surface area contributed by atoms with Gasteiger partial charge in [-0.3, -0.25) is 4.98 Å². The quantitative estimate of drug-likeness (QED) is 0.746. The number of aromatic nitrogens is 1. The third-order valence-electron chi connectivity index (χ3n) is 4.44. The molecule has 1 aromatic carbocycles. The van der Waals surface area contributed by atoms with Gasteiger partial charge in [0, 0.05) is 11.6 Å². The van der Waals surface area contributed by atoms with E-state index in [1.165, 1.54) is 0 Å². The van der Waals surface area contributed by atoms with Crippen LogP contribution in [0, 0.1) is 6.92 Å². The molecule has 1 saturated heterocycles. The van der Waals surface area contributed by atoms with E-state index in [-0.39, 0.29) is 18.3 Å². The maximum atomic E-state index is 6.11. The van der Waals surface area contributed by atoms with E-state index in [9.17, 15) is 0 Å². The summed E-state index contributed by atoms with van der Waals surface area (Å²) in [7, 11) is -0.316. The van der Waals surface area contributed by atoms with Crippen LogP contribution < -0.4 is 5.46 Å². The summed E-state index contributed by atoms with van der Waals surface area (Å²) in [5.74, 6) is 0. The van der Waals surface area contributed by atoms with Crippen molar-refractivity contribution in [1.82, 2.24) is 4.98 Å². The summed E-state index contributed by atoms with van der Waals surface area (Å²) in [5, 5.41) is 1.12. The first-order valence-corrected chi connectivity index (χ1v) is 7.01. The van der Waals surface area contributed by atoms with Gasteiger partial charge >= 0.3 is 7.12 Å². The van der Waals surface area contributed by atoms with Gasteiger partial charge in [0.05, 0.1) is 16.7 Å². The Labute approximate surface area is 120 Å². The average Bonchev–Trinajstić information content (AvgIpc) is 2.58. The fraction of sp³-hybridized carbons (Fsp3) is 0.438. The van der Waals surface area contributed by atoms with Crippen LogP contribution in [-0.4, -0.2) is 23.3 Å². The Kier molecular flexibility index (Phi) is 2.92. The molecule has 0 spiro atoms. The Bertz CT molecular complexity index is 651. The third kappa shape index (κ3) is 2.04. The van der Waals surface area contributed by atoms with Crippen LogP contribution >= 0.6 is 0 Å². The Balaban J connectivity index is 2.04. The summed E-state index contributed by atoms with van der Waals surface area (Å²) in [6, 6.07) is 8.24. The summed E-state index contributed by atoms with van der Waals surface area (Å²) in [4.78, 5) is 4.42. The second-order valence-corrected chi connectivity index (χ2v) is 6.50. The van der Waals surface area contributed by atoms with E-state index >= 15 is 0 Å². The normalized spacial score (nSPS) is 20.6. The molecule has 0 aliphatic carbocycles. The Hall–Kier alpha value is -1.39. The maximum absolute atomic E-state index is 6.11. The summed E-state index contributed by atoms with van der Waals surface area (Å²) < 4.78 is 12.2. The molecule has 1 fully saturated rings. The first kappa shape index (κ1) is 13.6. The summed E-state index contributed by atoms with van der Waals surface area (Å²) in [5.41, 5.74) is 2.62. The van der Waals surface area contributed by atoms with Crippen molar-refractivity contribution in [1.29, 1.82) is 0 Å². The molecular formula is C16H20BNO2. The largest absolute Gasteiger partial charge is 0.494 e. The highest BCUT2D eigenvalue weighted by Crippen LogP contribution is 2.36. The van der Waals surface area contributed by atoms with Gasteiger partial charge in [-0.2, -0.15) is 0 Å². The van der Waals surface area contributed by atoms with Gasteiger partial charge in [-0.15, -0.1) is 0 Å². The number of pyridine rings is 1. The smallest absolute Gasteiger partial charge is 0.399 e. The molecule has 20 heavy (non-hydrogen) atoms. The lowest BCUT2D eigenvalue weighted by atomic mass is 9.77. The van der Waals surface area contributed by atoms with Crippen LogP contribution in [-0.2, 0) is 9.31 Å². The lowest BCUT2D eigenvalue weighted by Gasteiger charge is -2.32. The highest BCUT2D eigenvalue weighted by Gasteiger charge is 2.51. The summed E-state index contributed by atoms with van der Waals surface area (Å²) in [6.07, 6.45) is 1.82. The third-order valence-corrected chi connectivity index (χ3v) is 4.44. The number of hydrogen-bond acceptors (Lipinski definition) is 3. The van der Waals surface area contributed by atoms with E-state index in [0.717, 1.165) is 21.9 Å². The Morgan fingerprint density at radius 2 is 1.70 bits per heavy atom. The fourth-order valence-electron chi connectivity index (χ4n) is 2.52. The minimum Gasteiger partial charge on any atom is -0.399 e. The predicted molar refractivity (Wildman–Crippen MR) is 82.2 cm³/mol. The van der Waals surface area contributed by atoms with E-state index in [4.69, 9.17) is 9.31 Å². The zero-order valence-electron chi connectivity index (χ0n) is 12.7. The van der Waals surface area contributed by atoms with Crippen LogP contribution in [0.2, 0.25) is 0 Å². The number of rotatable bonds is 1. The number of nitrogens with zero attached hydrogens (tertiary/aromatic N) is 1. The lowest BCUT2D eigenvalue weighted by molar-refractivity contribution is 0.00578. The molecule has 3 rings (SSSR count). The average molecular weight is 269 g/mol. The molecule has 1 aromatic heterocycles. The first-order valence-electron chi connectivity index (χ1n) is 7.01. The predicted octanol–water partition coefficient (Wildman–Crippen LogP) is 2.84. The first-order chi connectivity index (χ1) is 9.30. The molecule has 4 heteroatoms. The maximum Gasteiger partial charge on any atom is 0.494 e. The molecule has 0 N–H and O–H groups in total. The van der Waals surface area contributed by atoms with Gasteiger partial charge in [0.1, 0.15) is 0 Å². The van der Waals surface area contributed by atoms with Crippen molar-refractivity contribution in [3.8, 4) is 0 Å². The molecule has 2 aromatic rings. The molecule has 1 aliphatic rings. The number of aryl methyl sites for hydroxylation is 1. The molecular weight excluding hydrogens is 249 g/mol. The summed E-state index contributed by atoms with van der Waals surface area (Å²) >= 11 is 0. The van der Waals surface area contributed by atoms with Crippen LogP contribution in [0.5, 0.6) is 0 Å².